The van der Waals surface area contributed by atoms with Crippen LogP contribution >= 0.6 is 11.3 Å². The van der Waals surface area contributed by atoms with Crippen molar-refractivity contribution in [2.24, 2.45) is 4.99 Å². The molecule has 1 aliphatic heterocycles. The van der Waals surface area contributed by atoms with Gasteiger partial charge in [0.05, 0.1) is 29.0 Å². The number of aromatic nitrogens is 1. The molecule has 0 spiro atoms. The van der Waals surface area contributed by atoms with Crippen molar-refractivity contribution >= 4 is 23.4 Å². The van der Waals surface area contributed by atoms with Crippen LogP contribution < -0.4 is 19.6 Å². The molecule has 37 heavy (non-hydrogen) atoms. The maximum Gasteiger partial charge on any atom is 0.338 e. The summed E-state index contributed by atoms with van der Waals surface area (Å²) < 4.78 is 44.8. The lowest BCUT2D eigenvalue weighted by molar-refractivity contribution is -0.136. The molecule has 4 aromatic rings. The van der Waals surface area contributed by atoms with Crippen LogP contribution in [0.2, 0.25) is 0 Å². The summed E-state index contributed by atoms with van der Waals surface area (Å²) in [7, 11) is 1.29. The van der Waals surface area contributed by atoms with Crippen molar-refractivity contribution in [3.8, 4) is 5.75 Å². The number of methoxy groups -OCH3 is 1. The average Bonchev–Trinajstić information content (AvgIpc) is 3.46. The first-order chi connectivity index (χ1) is 17.9. The molecular formula is C27H20F2N2O5S. The van der Waals surface area contributed by atoms with E-state index in [1.807, 2.05) is 30.3 Å². The second-order valence-corrected chi connectivity index (χ2v) is 9.16. The van der Waals surface area contributed by atoms with Crippen molar-refractivity contribution in [1.29, 1.82) is 0 Å². The van der Waals surface area contributed by atoms with Gasteiger partial charge in [0.1, 0.15) is 23.9 Å². The molecule has 10 heteroatoms. The highest BCUT2D eigenvalue weighted by molar-refractivity contribution is 7.07. The number of carbonyl (C=O) groups is 1. The van der Waals surface area contributed by atoms with Crippen molar-refractivity contribution in [2.75, 3.05) is 7.11 Å². The van der Waals surface area contributed by atoms with Crippen LogP contribution in [0.25, 0.3) is 6.08 Å². The van der Waals surface area contributed by atoms with Gasteiger partial charge >= 0.3 is 5.97 Å². The molecule has 3 heterocycles. The molecule has 1 aliphatic rings. The van der Waals surface area contributed by atoms with Crippen molar-refractivity contribution in [3.63, 3.8) is 0 Å². The van der Waals surface area contributed by atoms with Crippen molar-refractivity contribution in [1.82, 2.24) is 4.57 Å². The average molecular weight is 523 g/mol. The number of carbonyl (C=O) groups excluding carboxylic acids is 1. The summed E-state index contributed by atoms with van der Waals surface area (Å²) in [6.07, 6.45) is 1.57. The van der Waals surface area contributed by atoms with E-state index in [1.54, 1.807) is 25.1 Å². The van der Waals surface area contributed by atoms with E-state index >= 15 is 0 Å². The van der Waals surface area contributed by atoms with Crippen molar-refractivity contribution < 1.29 is 27.5 Å². The van der Waals surface area contributed by atoms with Crippen LogP contribution in [0.1, 0.15) is 30.0 Å². The predicted molar refractivity (Wildman–Crippen MR) is 132 cm³/mol. The molecule has 188 valence electrons. The minimum atomic E-state index is -0.817. The Kier molecular flexibility index (Phi) is 6.58. The zero-order valence-corrected chi connectivity index (χ0v) is 20.6. The number of rotatable bonds is 6. The van der Waals surface area contributed by atoms with Gasteiger partial charge in [-0.15, -0.1) is 0 Å². The summed E-state index contributed by atoms with van der Waals surface area (Å²) in [6.45, 7) is 1.62. The zero-order chi connectivity index (χ0) is 26.1. The van der Waals surface area contributed by atoms with Gasteiger partial charge in [0.2, 0.25) is 0 Å². The summed E-state index contributed by atoms with van der Waals surface area (Å²) in [5, 5.41) is 0. The maximum atomic E-state index is 13.8. The van der Waals surface area contributed by atoms with Crippen molar-refractivity contribution in [3.05, 3.63) is 120 Å². The van der Waals surface area contributed by atoms with E-state index in [-0.39, 0.29) is 23.5 Å². The van der Waals surface area contributed by atoms with Gasteiger partial charge in [0.15, 0.2) is 16.4 Å². The molecular weight excluding hydrogens is 502 g/mol. The SMILES string of the molecule is COC(=O)C1=C(C)N=c2sc(=Cc3ccc(COc4ccc(F)cc4F)o3)c(=O)n2C1c1ccccc1. The van der Waals surface area contributed by atoms with Crippen LogP contribution in [0.3, 0.4) is 0 Å². The Morgan fingerprint density at radius 1 is 1.16 bits per heavy atom. The topological polar surface area (TPSA) is 83.0 Å². The van der Waals surface area contributed by atoms with Gasteiger partial charge < -0.3 is 13.9 Å². The standard InChI is InChI=1S/C27H20F2N2O5S/c1-15-23(26(33)34-2)24(16-6-4-3-5-7-16)31-25(32)22(37-27(31)30-15)13-18-9-10-19(36-18)14-35-21-11-8-17(28)12-20(21)29/h3-13,24H,14H2,1-2H3. The second kappa shape index (κ2) is 9.98. The van der Waals surface area contributed by atoms with E-state index in [0.29, 0.717) is 26.6 Å². The number of hydrogen-bond donors (Lipinski definition) is 0. The zero-order valence-electron chi connectivity index (χ0n) is 19.7. The number of nitrogens with zero attached hydrogens (tertiary/aromatic N) is 2. The van der Waals surface area contributed by atoms with Gasteiger partial charge in [-0.3, -0.25) is 9.36 Å². The van der Waals surface area contributed by atoms with E-state index in [2.05, 4.69) is 4.99 Å². The van der Waals surface area contributed by atoms with Gasteiger partial charge in [-0.1, -0.05) is 41.7 Å². The van der Waals surface area contributed by atoms with Crippen LogP contribution in [0.5, 0.6) is 5.75 Å². The summed E-state index contributed by atoms with van der Waals surface area (Å²) in [6, 6.07) is 14.8. The molecule has 1 unspecified atom stereocenters. The molecule has 0 aliphatic carbocycles. The summed E-state index contributed by atoms with van der Waals surface area (Å²) in [5.41, 5.74) is 1.17. The molecule has 1 atom stereocenters. The summed E-state index contributed by atoms with van der Waals surface area (Å²) in [5.74, 6) is -1.42. The number of ether oxygens (including phenoxy) is 2. The lowest BCUT2D eigenvalue weighted by Gasteiger charge is -2.24. The fraction of sp³-hybridized carbons (Fsp3) is 0.148. The number of allylic oxidation sites excluding steroid dienone is 1. The largest absolute Gasteiger partial charge is 0.483 e. The highest BCUT2D eigenvalue weighted by atomic mass is 32.1. The number of thiazole rings is 1. The molecule has 7 nitrogen and oxygen atoms in total. The van der Waals surface area contributed by atoms with Gasteiger partial charge in [-0.2, -0.15) is 0 Å². The molecule has 0 N–H and O–H groups in total. The number of hydrogen-bond acceptors (Lipinski definition) is 7. The Morgan fingerprint density at radius 2 is 1.95 bits per heavy atom. The molecule has 2 aromatic carbocycles. The quantitative estimate of drug-likeness (QED) is 0.359. The monoisotopic (exact) mass is 522 g/mol. The minimum Gasteiger partial charge on any atom is -0.483 e. The molecule has 5 rings (SSSR count). The number of halogens is 2. The molecule has 0 fully saturated rings. The van der Waals surface area contributed by atoms with E-state index in [4.69, 9.17) is 13.9 Å². The molecule has 0 saturated heterocycles. The first-order valence-corrected chi connectivity index (χ1v) is 12.0. The van der Waals surface area contributed by atoms with Gasteiger partial charge in [-0.25, -0.2) is 18.6 Å². The summed E-state index contributed by atoms with van der Waals surface area (Å²) >= 11 is 1.17. The van der Waals surface area contributed by atoms with E-state index < -0.39 is 23.6 Å². The number of fused-ring (bicyclic) bond motifs is 1. The maximum absolute atomic E-state index is 13.8. The number of benzene rings is 2. The fourth-order valence-electron chi connectivity index (χ4n) is 4.06. The Labute approximate surface area is 213 Å². The first kappa shape index (κ1) is 24.4. The fourth-order valence-corrected chi connectivity index (χ4v) is 5.09. The highest BCUT2D eigenvalue weighted by Crippen LogP contribution is 2.30. The van der Waals surface area contributed by atoms with Crippen LogP contribution in [0.15, 0.2) is 86.1 Å². The third kappa shape index (κ3) is 4.75. The number of esters is 1. The van der Waals surface area contributed by atoms with Crippen LogP contribution in [-0.2, 0) is 16.1 Å². The Balaban J connectivity index is 1.49. The predicted octanol–water partition coefficient (Wildman–Crippen LogP) is 3.86. The van der Waals surface area contributed by atoms with Gasteiger partial charge in [-0.05, 0) is 36.8 Å². The molecule has 0 radical (unpaired) electrons. The van der Waals surface area contributed by atoms with E-state index in [9.17, 15) is 18.4 Å². The Bertz CT molecular complexity index is 1700. The smallest absolute Gasteiger partial charge is 0.338 e. The first-order valence-electron chi connectivity index (χ1n) is 11.2. The Hall–Kier alpha value is -4.31. The van der Waals surface area contributed by atoms with Crippen LogP contribution in [0, 0.1) is 11.6 Å². The normalized spacial score (nSPS) is 15.4. The minimum absolute atomic E-state index is 0.0899. The van der Waals surface area contributed by atoms with Crippen LogP contribution in [0.4, 0.5) is 8.78 Å². The number of furan rings is 1. The lowest BCUT2D eigenvalue weighted by atomic mass is 9.96. The molecule has 2 aromatic heterocycles. The van der Waals surface area contributed by atoms with Gasteiger partial charge in [0.25, 0.3) is 5.56 Å². The lowest BCUT2D eigenvalue weighted by Crippen LogP contribution is -2.39. The molecule has 0 amide bonds. The molecule has 0 bridgehead atoms. The highest BCUT2D eigenvalue weighted by Gasteiger charge is 2.32. The third-order valence-corrected chi connectivity index (χ3v) is 6.74. The van der Waals surface area contributed by atoms with E-state index in [0.717, 1.165) is 17.7 Å². The third-order valence-electron chi connectivity index (χ3n) is 5.76. The summed E-state index contributed by atoms with van der Waals surface area (Å²) in [4.78, 5) is 31.1. The molecule has 0 saturated carbocycles. The van der Waals surface area contributed by atoms with E-state index in [1.165, 1.54) is 29.1 Å². The van der Waals surface area contributed by atoms with Crippen LogP contribution in [-0.4, -0.2) is 17.6 Å². The van der Waals surface area contributed by atoms with Crippen molar-refractivity contribution in [2.45, 2.75) is 19.6 Å². The second-order valence-electron chi connectivity index (χ2n) is 8.15. The Morgan fingerprint density at radius 3 is 2.68 bits per heavy atom. The van der Waals surface area contributed by atoms with Gasteiger partial charge in [0, 0.05) is 12.1 Å².